The van der Waals surface area contributed by atoms with E-state index in [1.807, 2.05) is 0 Å². The lowest BCUT2D eigenvalue weighted by molar-refractivity contribution is -0.380. The molecule has 6 aliphatic rings. The van der Waals surface area contributed by atoms with Gasteiger partial charge in [0.05, 0.1) is 45.7 Å². The molecule has 31 nitrogen and oxygen atoms in total. The fourth-order valence-corrected chi connectivity index (χ4v) is 8.45. The van der Waals surface area contributed by atoms with Crippen LogP contribution in [-0.4, -0.2) is 321 Å². The molecule has 0 saturated carbocycles. The Balaban J connectivity index is 1.15. The van der Waals surface area contributed by atoms with Crippen molar-refractivity contribution < 1.29 is 149 Å². The summed E-state index contributed by atoms with van der Waals surface area (Å²) in [4.78, 5) is 0. The zero-order chi connectivity index (χ0) is 49.3. The second-order valence-corrected chi connectivity index (χ2v) is 16.9. The van der Waals surface area contributed by atoms with Crippen LogP contribution in [0.5, 0.6) is 0 Å². The molecule has 1 unspecified atom stereocenters. The molecular formula is C36H63NO30. The molecule has 6 fully saturated rings. The summed E-state index contributed by atoms with van der Waals surface area (Å²) in [7, 11) is 0. The van der Waals surface area contributed by atoms with Gasteiger partial charge in [0.15, 0.2) is 37.7 Å². The van der Waals surface area contributed by atoms with Crippen LogP contribution < -0.4 is 5.73 Å². The summed E-state index contributed by atoms with van der Waals surface area (Å²) >= 11 is 0. The monoisotopic (exact) mass is 989 g/mol. The second kappa shape index (κ2) is 23.5. The van der Waals surface area contributed by atoms with Gasteiger partial charge >= 0.3 is 0 Å². The quantitative estimate of drug-likeness (QED) is 0.0643. The average molecular weight is 990 g/mol. The molecule has 21 N–H and O–H groups in total. The van der Waals surface area contributed by atoms with Gasteiger partial charge in [-0.1, -0.05) is 0 Å². The van der Waals surface area contributed by atoms with Crippen LogP contribution in [0.1, 0.15) is 0 Å². The number of rotatable bonds is 17. The van der Waals surface area contributed by atoms with Crippen molar-refractivity contribution in [3.05, 3.63) is 0 Å². The molecule has 6 rings (SSSR count). The zero-order valence-corrected chi connectivity index (χ0v) is 35.1. The van der Waals surface area contributed by atoms with Crippen LogP contribution in [0.15, 0.2) is 0 Å². The normalized spacial score (nSPS) is 52.6. The lowest BCUT2D eigenvalue weighted by Crippen LogP contribution is -2.67. The first-order chi connectivity index (χ1) is 31.7. The van der Waals surface area contributed by atoms with Gasteiger partial charge in [0.1, 0.15) is 140 Å². The van der Waals surface area contributed by atoms with Crippen LogP contribution in [-0.2, 0) is 52.1 Å². The molecule has 6 aliphatic heterocycles. The number of hydrogen-bond donors (Lipinski definition) is 20. The molecule has 0 aromatic carbocycles. The first-order valence-electron chi connectivity index (χ1n) is 21.2. The van der Waals surface area contributed by atoms with E-state index in [1.54, 1.807) is 0 Å². The van der Waals surface area contributed by atoms with E-state index in [4.69, 9.17) is 57.8 Å². The molecular weight excluding hydrogens is 926 g/mol. The minimum Gasteiger partial charge on any atom is -0.394 e. The average Bonchev–Trinajstić information content (AvgIpc) is 3.62. The van der Waals surface area contributed by atoms with Crippen molar-refractivity contribution in [2.45, 2.75) is 184 Å². The van der Waals surface area contributed by atoms with Crippen LogP contribution in [0.25, 0.3) is 0 Å². The summed E-state index contributed by atoms with van der Waals surface area (Å²) in [5.74, 6) is 0. The van der Waals surface area contributed by atoms with Gasteiger partial charge in [0, 0.05) is 0 Å². The van der Waals surface area contributed by atoms with E-state index in [2.05, 4.69) is 0 Å². The van der Waals surface area contributed by atoms with Crippen molar-refractivity contribution in [1.82, 2.24) is 0 Å². The number of ether oxygens (including phenoxy) is 11. The Morgan fingerprint density at radius 2 is 0.761 bits per heavy atom. The van der Waals surface area contributed by atoms with E-state index in [0.717, 1.165) is 0 Å². The molecule has 0 aliphatic carbocycles. The highest BCUT2D eigenvalue weighted by Crippen LogP contribution is 2.37. The Morgan fingerprint density at radius 3 is 1.27 bits per heavy atom. The Kier molecular flexibility index (Phi) is 19.4. The van der Waals surface area contributed by atoms with E-state index in [1.165, 1.54) is 0 Å². The number of nitrogens with two attached hydrogens (primary N) is 1. The SMILES string of the molecule is N[C@H]1C(O)O[C@H](CO)[C@@H](O[C@H]2O[C@H](CO)[C@@H](O)[C@H](O[C@H]3O[C@H](CO)[C@@H](O)[C@H](O[C@@H]4O[C@@H]([C@H](O)CO)[C@H](O[C@H]5O[C@H](CO[C@H]6O[C@H](CO)[C@H](O)[C@H](O)[C@H]6O)[C@H](O)[C@H](O)[C@H]5O)[C@H]4O)[C@@H]3O)[C@@H]2O)[C@@H]1O. The smallest absolute Gasteiger partial charge is 0.187 e. The highest BCUT2D eigenvalue weighted by Gasteiger charge is 2.58. The van der Waals surface area contributed by atoms with Crippen molar-refractivity contribution >= 4 is 0 Å². The maximum Gasteiger partial charge on any atom is 0.187 e. The molecule has 0 aromatic heterocycles. The van der Waals surface area contributed by atoms with E-state index in [0.29, 0.717) is 0 Å². The summed E-state index contributed by atoms with van der Waals surface area (Å²) < 4.78 is 61.0. The molecule has 0 aromatic rings. The van der Waals surface area contributed by atoms with E-state index < -0.39 is 224 Å². The number of hydrogen-bond acceptors (Lipinski definition) is 31. The summed E-state index contributed by atoms with van der Waals surface area (Å²) in [6.07, 6.45) is -54.2. The molecule has 6 saturated heterocycles. The zero-order valence-electron chi connectivity index (χ0n) is 35.1. The van der Waals surface area contributed by atoms with Gasteiger partial charge in [0.25, 0.3) is 0 Å². The second-order valence-electron chi connectivity index (χ2n) is 16.9. The van der Waals surface area contributed by atoms with Crippen molar-refractivity contribution in [3.8, 4) is 0 Å². The molecule has 0 amide bonds. The Labute approximate surface area is 378 Å². The summed E-state index contributed by atoms with van der Waals surface area (Å²) in [6.45, 7) is -5.43. The lowest BCUT2D eigenvalue weighted by Gasteiger charge is -2.48. The van der Waals surface area contributed by atoms with Crippen LogP contribution in [0.4, 0.5) is 0 Å². The topological polar surface area (TPSA) is 512 Å². The Bertz CT molecular complexity index is 1510. The van der Waals surface area contributed by atoms with Crippen molar-refractivity contribution in [3.63, 3.8) is 0 Å². The van der Waals surface area contributed by atoms with E-state index >= 15 is 0 Å². The van der Waals surface area contributed by atoms with Crippen LogP contribution >= 0.6 is 0 Å². The van der Waals surface area contributed by atoms with E-state index in [-0.39, 0.29) is 0 Å². The summed E-state index contributed by atoms with van der Waals surface area (Å²) in [5.41, 5.74) is 5.76. The third-order valence-corrected chi connectivity index (χ3v) is 12.5. The summed E-state index contributed by atoms with van der Waals surface area (Å²) in [5, 5.41) is 200. The maximum absolute atomic E-state index is 11.5. The Hall–Kier alpha value is -1.24. The van der Waals surface area contributed by atoms with Crippen molar-refractivity contribution in [1.29, 1.82) is 0 Å². The maximum atomic E-state index is 11.5. The van der Waals surface area contributed by atoms with Gasteiger partial charge in [-0.2, -0.15) is 0 Å². The van der Waals surface area contributed by atoms with Crippen molar-refractivity contribution in [2.75, 3.05) is 39.6 Å². The fourth-order valence-electron chi connectivity index (χ4n) is 8.45. The molecule has 30 atom stereocenters. The highest BCUT2D eigenvalue weighted by molar-refractivity contribution is 5.00. The first kappa shape index (κ1) is 55.1. The standard InChI is InChI=1S/C36H63NO30/c37-13-18(48)27(11(5-42)58-31(13)56)64-34-23(53)28(16(46)9(3-40)60-34)65-35-24(54)29(17(47)10(4-41)61-35)66-36-25(55)30(26(63-36)7(43)1-38)67-33-22(52)20(50)15(45)12(62-33)6-57-32-21(51)19(49)14(44)8(2-39)59-32/h7-36,38-56H,1-6,37H2/t7-,8-,9-,10-,11-,12-,13-,14+,15+,16-,17-,18-,19+,20+,21-,22-,23+,24+,25-,26+,27-,28+,29+,30-,31?,32+,33-,34-,35-,36+/m1/s1. The van der Waals surface area contributed by atoms with Gasteiger partial charge in [-0.3, -0.25) is 0 Å². The first-order valence-corrected chi connectivity index (χ1v) is 21.2. The van der Waals surface area contributed by atoms with Crippen LogP contribution in [0.2, 0.25) is 0 Å². The largest absolute Gasteiger partial charge is 0.394 e. The van der Waals surface area contributed by atoms with Gasteiger partial charge in [-0.15, -0.1) is 0 Å². The third kappa shape index (κ3) is 11.4. The van der Waals surface area contributed by atoms with E-state index in [9.17, 15) is 97.0 Å². The third-order valence-electron chi connectivity index (χ3n) is 12.5. The lowest BCUT2D eigenvalue weighted by atomic mass is 9.95. The fraction of sp³-hybridized carbons (Fsp3) is 1.00. The van der Waals surface area contributed by atoms with Gasteiger partial charge in [0.2, 0.25) is 0 Å². The van der Waals surface area contributed by atoms with Gasteiger partial charge < -0.3 is 155 Å². The van der Waals surface area contributed by atoms with Crippen LogP contribution in [0.3, 0.4) is 0 Å². The molecule has 0 bridgehead atoms. The minimum absolute atomic E-state index is 0.779. The molecule has 0 spiro atoms. The van der Waals surface area contributed by atoms with Gasteiger partial charge in [-0.25, -0.2) is 0 Å². The Morgan fingerprint density at radius 1 is 0.373 bits per heavy atom. The molecule has 0 radical (unpaired) electrons. The van der Waals surface area contributed by atoms with Crippen molar-refractivity contribution in [2.24, 2.45) is 5.73 Å². The summed E-state index contributed by atoms with van der Waals surface area (Å²) in [6, 6.07) is -1.47. The molecule has 392 valence electrons. The predicted octanol–water partition coefficient (Wildman–Crippen LogP) is -14.1. The van der Waals surface area contributed by atoms with Crippen LogP contribution in [0, 0.1) is 0 Å². The predicted molar refractivity (Wildman–Crippen MR) is 201 cm³/mol. The number of aliphatic hydroxyl groups is 19. The number of aliphatic hydroxyl groups excluding tert-OH is 19. The molecule has 31 heteroatoms. The highest BCUT2D eigenvalue weighted by atomic mass is 16.8. The van der Waals surface area contributed by atoms with Gasteiger partial charge in [-0.05, 0) is 0 Å². The molecule has 67 heavy (non-hydrogen) atoms. The molecule has 6 heterocycles. The minimum atomic E-state index is -2.21.